The van der Waals surface area contributed by atoms with Gasteiger partial charge in [-0.05, 0) is 39.7 Å². The molecule has 0 bridgehead atoms. The fourth-order valence-electron chi connectivity index (χ4n) is 2.81. The first-order valence-electron chi connectivity index (χ1n) is 9.03. The number of amides is 2. The van der Waals surface area contributed by atoms with E-state index in [9.17, 15) is 14.4 Å². The number of hydrogen-bond donors (Lipinski definition) is 1. The summed E-state index contributed by atoms with van der Waals surface area (Å²) < 4.78 is 15.6. The van der Waals surface area contributed by atoms with Crippen LogP contribution in [0.1, 0.15) is 52.8 Å². The molecule has 1 aliphatic heterocycles. The number of nitrogens with zero attached hydrogens (tertiary/aromatic N) is 1. The summed E-state index contributed by atoms with van der Waals surface area (Å²) in [6.07, 6.45) is 0.732. The smallest absolute Gasteiger partial charge is 0.348 e. The maximum Gasteiger partial charge on any atom is 0.348 e. The van der Waals surface area contributed by atoms with E-state index in [0.29, 0.717) is 25.3 Å². The number of carbonyl (C=O) groups is 3. The van der Waals surface area contributed by atoms with Crippen LogP contribution in [-0.4, -0.2) is 61.9 Å². The van der Waals surface area contributed by atoms with Gasteiger partial charge in [0.15, 0.2) is 0 Å². The van der Waals surface area contributed by atoms with E-state index in [1.807, 2.05) is 6.92 Å². The predicted octanol–water partition coefficient (Wildman–Crippen LogP) is 3.05. The van der Waals surface area contributed by atoms with Crippen molar-refractivity contribution >= 4 is 34.3 Å². The lowest BCUT2D eigenvalue weighted by Gasteiger charge is -2.26. The molecule has 0 aromatic carbocycles. The first kappa shape index (κ1) is 21.2. The van der Waals surface area contributed by atoms with Crippen molar-refractivity contribution in [1.82, 2.24) is 4.90 Å². The molecule has 1 N–H and O–H groups in total. The van der Waals surface area contributed by atoms with Gasteiger partial charge in [0, 0.05) is 19.2 Å². The fourth-order valence-corrected chi connectivity index (χ4v) is 3.89. The molecule has 2 amide bonds. The second kappa shape index (κ2) is 9.70. The first-order valence-corrected chi connectivity index (χ1v) is 9.85. The van der Waals surface area contributed by atoms with Gasteiger partial charge in [0.25, 0.3) is 0 Å². The molecule has 2 rings (SSSR count). The predicted molar refractivity (Wildman–Crippen MR) is 102 cm³/mol. The Labute approximate surface area is 162 Å². The summed E-state index contributed by atoms with van der Waals surface area (Å²) in [6.45, 7) is 8.93. The van der Waals surface area contributed by atoms with Crippen LogP contribution in [0.4, 0.5) is 9.80 Å². The van der Waals surface area contributed by atoms with Gasteiger partial charge in [-0.15, -0.1) is 11.3 Å². The molecular formula is C18H26N2O6S. The summed E-state index contributed by atoms with van der Waals surface area (Å²) >= 11 is 1.02. The van der Waals surface area contributed by atoms with Crippen molar-refractivity contribution in [3.8, 4) is 0 Å². The lowest BCUT2D eigenvalue weighted by atomic mass is 10.1. The molecule has 1 fully saturated rings. The Morgan fingerprint density at radius 2 is 1.85 bits per heavy atom. The Morgan fingerprint density at radius 1 is 1.19 bits per heavy atom. The monoisotopic (exact) mass is 398 g/mol. The average molecular weight is 398 g/mol. The van der Waals surface area contributed by atoms with Crippen LogP contribution >= 0.6 is 11.3 Å². The standard InChI is InChI=1S/C18H26N2O6S/c1-5-25-16(21)13-12(4)14(17(22)26-6-2)27-15(13)19-18(23)20-8-10-24-9-7-11(20)3/h11H,5-10H2,1-4H3,(H,19,23). The van der Waals surface area contributed by atoms with Crippen LogP contribution in [0, 0.1) is 6.92 Å². The van der Waals surface area contributed by atoms with Crippen molar-refractivity contribution in [1.29, 1.82) is 0 Å². The number of hydrogen-bond acceptors (Lipinski definition) is 7. The van der Waals surface area contributed by atoms with Crippen molar-refractivity contribution in [2.45, 2.75) is 40.2 Å². The Kier molecular flexibility index (Phi) is 7.61. The summed E-state index contributed by atoms with van der Waals surface area (Å²) in [5.41, 5.74) is 0.636. The second-order valence-electron chi connectivity index (χ2n) is 6.07. The molecule has 1 aromatic heterocycles. The largest absolute Gasteiger partial charge is 0.462 e. The summed E-state index contributed by atoms with van der Waals surface area (Å²) in [7, 11) is 0. The van der Waals surface area contributed by atoms with E-state index in [4.69, 9.17) is 14.2 Å². The molecule has 9 heteroatoms. The zero-order chi connectivity index (χ0) is 20.0. The summed E-state index contributed by atoms with van der Waals surface area (Å²) in [5.74, 6) is -1.10. The molecule has 1 atom stereocenters. The Hall–Kier alpha value is -2.13. The van der Waals surface area contributed by atoms with E-state index >= 15 is 0 Å². The number of thiophene rings is 1. The number of nitrogens with one attached hydrogen (secondary N) is 1. The van der Waals surface area contributed by atoms with Crippen LogP contribution in [0.3, 0.4) is 0 Å². The molecule has 1 saturated heterocycles. The van der Waals surface area contributed by atoms with E-state index in [0.717, 1.165) is 17.8 Å². The number of esters is 2. The van der Waals surface area contributed by atoms with Crippen LogP contribution in [-0.2, 0) is 14.2 Å². The van der Waals surface area contributed by atoms with E-state index in [1.165, 1.54) is 0 Å². The van der Waals surface area contributed by atoms with Gasteiger partial charge in [-0.3, -0.25) is 5.32 Å². The molecule has 8 nitrogen and oxygen atoms in total. The summed E-state index contributed by atoms with van der Waals surface area (Å²) in [5, 5.41) is 3.07. The molecule has 1 aromatic rings. The molecule has 0 aliphatic carbocycles. The third-order valence-corrected chi connectivity index (χ3v) is 5.44. The highest BCUT2D eigenvalue weighted by Gasteiger charge is 2.29. The van der Waals surface area contributed by atoms with E-state index < -0.39 is 11.9 Å². The first-order chi connectivity index (χ1) is 12.9. The second-order valence-corrected chi connectivity index (χ2v) is 7.10. The number of ether oxygens (including phenoxy) is 3. The zero-order valence-electron chi connectivity index (χ0n) is 16.1. The molecule has 1 unspecified atom stereocenters. The quantitative estimate of drug-likeness (QED) is 0.766. The summed E-state index contributed by atoms with van der Waals surface area (Å²) in [6, 6.07) is -0.334. The molecule has 27 heavy (non-hydrogen) atoms. The molecule has 0 radical (unpaired) electrons. The minimum Gasteiger partial charge on any atom is -0.462 e. The van der Waals surface area contributed by atoms with Crippen molar-refractivity contribution in [2.24, 2.45) is 0 Å². The van der Waals surface area contributed by atoms with E-state index in [2.05, 4.69) is 5.32 Å². The van der Waals surface area contributed by atoms with E-state index in [1.54, 1.807) is 25.7 Å². The lowest BCUT2D eigenvalue weighted by Crippen LogP contribution is -2.42. The van der Waals surface area contributed by atoms with Gasteiger partial charge in [0.05, 0.1) is 25.4 Å². The van der Waals surface area contributed by atoms with Crippen molar-refractivity contribution in [3.05, 3.63) is 16.0 Å². The van der Waals surface area contributed by atoms with Gasteiger partial charge in [-0.2, -0.15) is 0 Å². The molecular weight excluding hydrogens is 372 g/mol. The van der Waals surface area contributed by atoms with Crippen LogP contribution in [0.5, 0.6) is 0 Å². The topological polar surface area (TPSA) is 94.2 Å². The van der Waals surface area contributed by atoms with Gasteiger partial charge >= 0.3 is 18.0 Å². The molecule has 1 aliphatic rings. The SMILES string of the molecule is CCOC(=O)c1sc(NC(=O)N2CCOCCC2C)c(C(=O)OCC)c1C. The normalized spacial score (nSPS) is 17.2. The molecule has 0 saturated carbocycles. The van der Waals surface area contributed by atoms with Crippen LogP contribution in [0.2, 0.25) is 0 Å². The number of rotatable bonds is 5. The van der Waals surface area contributed by atoms with Gasteiger partial charge in [-0.1, -0.05) is 0 Å². The average Bonchev–Trinajstić information content (AvgIpc) is 2.78. The lowest BCUT2D eigenvalue weighted by molar-refractivity contribution is 0.0527. The highest BCUT2D eigenvalue weighted by Crippen LogP contribution is 2.34. The minimum atomic E-state index is -0.579. The highest BCUT2D eigenvalue weighted by atomic mass is 32.1. The molecule has 2 heterocycles. The van der Waals surface area contributed by atoms with Gasteiger partial charge < -0.3 is 19.1 Å². The van der Waals surface area contributed by atoms with Crippen molar-refractivity contribution in [3.63, 3.8) is 0 Å². The van der Waals surface area contributed by atoms with Crippen LogP contribution in [0.25, 0.3) is 0 Å². The number of urea groups is 1. The molecule has 0 spiro atoms. The van der Waals surface area contributed by atoms with Gasteiger partial charge in [-0.25, -0.2) is 14.4 Å². The van der Waals surface area contributed by atoms with Gasteiger partial charge in [0.1, 0.15) is 9.88 Å². The fraction of sp³-hybridized carbons (Fsp3) is 0.611. The highest BCUT2D eigenvalue weighted by molar-refractivity contribution is 7.18. The number of carbonyl (C=O) groups excluding carboxylic acids is 3. The van der Waals surface area contributed by atoms with Crippen molar-refractivity contribution in [2.75, 3.05) is 38.3 Å². The third kappa shape index (κ3) is 4.98. The van der Waals surface area contributed by atoms with E-state index in [-0.39, 0.29) is 40.7 Å². The Bertz CT molecular complexity index is 702. The minimum absolute atomic E-state index is 0.00382. The van der Waals surface area contributed by atoms with Gasteiger partial charge in [0.2, 0.25) is 0 Å². The van der Waals surface area contributed by atoms with Crippen molar-refractivity contribution < 1.29 is 28.6 Å². The maximum absolute atomic E-state index is 12.8. The summed E-state index contributed by atoms with van der Waals surface area (Å²) in [4.78, 5) is 39.3. The van der Waals surface area contributed by atoms with Crippen LogP contribution < -0.4 is 5.32 Å². The number of anilines is 1. The zero-order valence-corrected chi connectivity index (χ0v) is 16.9. The third-order valence-electron chi connectivity index (χ3n) is 4.26. The Balaban J connectivity index is 2.32. The molecule has 150 valence electrons. The van der Waals surface area contributed by atoms with Crippen LogP contribution in [0.15, 0.2) is 0 Å². The maximum atomic E-state index is 12.8. The Morgan fingerprint density at radius 3 is 2.52 bits per heavy atom.